The summed E-state index contributed by atoms with van der Waals surface area (Å²) in [7, 11) is -3.89. The highest BCUT2D eigenvalue weighted by atomic mass is 32.2. The summed E-state index contributed by atoms with van der Waals surface area (Å²) >= 11 is 0.831. The van der Waals surface area contributed by atoms with Gasteiger partial charge in [-0.25, -0.2) is 13.4 Å². The minimum Gasteiger partial charge on any atom is -0.302 e. The van der Waals surface area contributed by atoms with Gasteiger partial charge in [0.25, 0.3) is 5.69 Å². The summed E-state index contributed by atoms with van der Waals surface area (Å²) in [5, 5.41) is 13.5. The van der Waals surface area contributed by atoms with E-state index in [0.717, 1.165) is 48.3 Å². The number of carbonyl (C=O) groups excluding carboxylic acids is 1. The Labute approximate surface area is 184 Å². The third-order valence-electron chi connectivity index (χ3n) is 4.56. The van der Waals surface area contributed by atoms with Crippen molar-refractivity contribution in [1.29, 1.82) is 0 Å². The molecule has 162 valence electrons. The third kappa shape index (κ3) is 5.74. The maximum Gasteiger partial charge on any atom is 0.269 e. The number of nitrogens with zero attached hydrogens (tertiary/aromatic N) is 2. The molecule has 0 radical (unpaired) electrons. The number of carbonyl (C=O) groups is 1. The molecule has 1 amide bonds. The van der Waals surface area contributed by atoms with E-state index in [0.29, 0.717) is 0 Å². The van der Waals surface area contributed by atoms with E-state index in [9.17, 15) is 23.3 Å². The number of thiazole rings is 1. The molecule has 0 saturated heterocycles. The van der Waals surface area contributed by atoms with E-state index in [1.54, 1.807) is 0 Å². The summed E-state index contributed by atoms with van der Waals surface area (Å²) in [6.45, 7) is 2.14. The number of amides is 1. The predicted octanol–water partition coefficient (Wildman–Crippen LogP) is 4.41. The van der Waals surface area contributed by atoms with Crippen molar-refractivity contribution in [3.8, 4) is 0 Å². The summed E-state index contributed by atoms with van der Waals surface area (Å²) in [5.74, 6) is -0.296. The van der Waals surface area contributed by atoms with Crippen LogP contribution in [0.25, 0.3) is 0 Å². The van der Waals surface area contributed by atoms with E-state index < -0.39 is 14.8 Å². The summed E-state index contributed by atoms with van der Waals surface area (Å²) in [4.78, 5) is 26.3. The van der Waals surface area contributed by atoms with E-state index in [1.807, 2.05) is 24.3 Å². The number of unbranched alkanes of at least 4 members (excludes halogenated alkanes) is 1. The highest BCUT2D eigenvalue weighted by molar-refractivity contribution is 7.93. The molecule has 1 N–H and O–H groups in total. The van der Waals surface area contributed by atoms with Gasteiger partial charge in [0.05, 0.1) is 22.4 Å². The molecular formula is C21H21N3O5S2. The van der Waals surface area contributed by atoms with Crippen LogP contribution < -0.4 is 5.32 Å². The van der Waals surface area contributed by atoms with Crippen molar-refractivity contribution in [2.24, 2.45) is 0 Å². The van der Waals surface area contributed by atoms with Crippen molar-refractivity contribution in [2.45, 2.75) is 41.7 Å². The van der Waals surface area contributed by atoms with Crippen molar-refractivity contribution < 1.29 is 18.1 Å². The fourth-order valence-corrected chi connectivity index (χ4v) is 5.31. The smallest absolute Gasteiger partial charge is 0.269 e. The molecule has 3 rings (SSSR count). The standard InChI is InChI=1S/C21H21N3O5S2/c1-2-3-4-15-5-7-16(8-6-15)13-19(25)23-21-22-14-20(30-21)31(28,29)18-11-9-17(10-12-18)24(26)27/h5-12,14H,2-4,13H2,1H3,(H,22,23,25). The number of rotatable bonds is 9. The van der Waals surface area contributed by atoms with Crippen LogP contribution in [0.3, 0.4) is 0 Å². The second-order valence-corrected chi connectivity index (χ2v) is 10.1. The van der Waals surface area contributed by atoms with Crippen LogP contribution in [0.4, 0.5) is 10.8 Å². The molecule has 0 unspecified atom stereocenters. The zero-order chi connectivity index (χ0) is 22.4. The Morgan fingerprint density at radius 2 is 1.74 bits per heavy atom. The molecule has 0 fully saturated rings. The Morgan fingerprint density at radius 3 is 2.35 bits per heavy atom. The number of anilines is 1. The van der Waals surface area contributed by atoms with Gasteiger partial charge in [0.1, 0.15) is 4.21 Å². The van der Waals surface area contributed by atoms with E-state index >= 15 is 0 Å². The summed E-state index contributed by atoms with van der Waals surface area (Å²) in [5.41, 5.74) is 1.88. The van der Waals surface area contributed by atoms with Crippen LogP contribution >= 0.6 is 11.3 Å². The molecular weight excluding hydrogens is 438 g/mol. The number of hydrogen-bond donors (Lipinski definition) is 1. The van der Waals surface area contributed by atoms with E-state index in [4.69, 9.17) is 0 Å². The molecule has 10 heteroatoms. The molecule has 1 aromatic heterocycles. The number of hydrogen-bond acceptors (Lipinski definition) is 7. The number of nitrogens with one attached hydrogen (secondary N) is 1. The molecule has 2 aromatic carbocycles. The van der Waals surface area contributed by atoms with Gasteiger partial charge >= 0.3 is 0 Å². The van der Waals surface area contributed by atoms with E-state index in [2.05, 4.69) is 17.2 Å². The molecule has 0 aliphatic heterocycles. The lowest BCUT2D eigenvalue weighted by molar-refractivity contribution is -0.384. The highest BCUT2D eigenvalue weighted by Gasteiger charge is 2.22. The number of non-ortho nitro benzene ring substituents is 1. The van der Waals surface area contributed by atoms with Crippen molar-refractivity contribution >= 4 is 37.9 Å². The second kappa shape index (κ2) is 9.80. The van der Waals surface area contributed by atoms with Gasteiger partial charge < -0.3 is 5.32 Å². The summed E-state index contributed by atoms with van der Waals surface area (Å²) in [6, 6.07) is 12.5. The topological polar surface area (TPSA) is 119 Å². The molecule has 0 saturated carbocycles. The molecule has 1 heterocycles. The number of aromatic nitrogens is 1. The summed E-state index contributed by atoms with van der Waals surface area (Å²) < 4.78 is 25.3. The van der Waals surface area contributed by atoms with Gasteiger partial charge in [-0.3, -0.25) is 14.9 Å². The number of benzene rings is 2. The molecule has 8 nitrogen and oxygen atoms in total. The first-order chi connectivity index (χ1) is 14.8. The van der Waals surface area contributed by atoms with Crippen LogP contribution in [0.2, 0.25) is 0 Å². The SMILES string of the molecule is CCCCc1ccc(CC(=O)Nc2ncc(S(=O)(=O)c3ccc([N+](=O)[O-])cc3)s2)cc1. The third-order valence-corrected chi connectivity index (χ3v) is 7.70. The van der Waals surface area contributed by atoms with Gasteiger partial charge in [-0.1, -0.05) is 48.9 Å². The Morgan fingerprint density at radius 1 is 1.10 bits per heavy atom. The highest BCUT2D eigenvalue weighted by Crippen LogP contribution is 2.29. The van der Waals surface area contributed by atoms with E-state index in [1.165, 1.54) is 23.9 Å². The van der Waals surface area contributed by atoms with Crippen LogP contribution in [0, 0.1) is 10.1 Å². The molecule has 0 atom stereocenters. The maximum atomic E-state index is 12.7. The van der Waals surface area contributed by atoms with Gasteiger partial charge in [-0.05, 0) is 36.1 Å². The van der Waals surface area contributed by atoms with Crippen LogP contribution in [-0.4, -0.2) is 24.2 Å². The number of sulfone groups is 1. The van der Waals surface area contributed by atoms with Crippen molar-refractivity contribution in [3.05, 3.63) is 76.0 Å². The predicted molar refractivity (Wildman–Crippen MR) is 118 cm³/mol. The van der Waals surface area contributed by atoms with Crippen LogP contribution in [0.15, 0.2) is 63.8 Å². The largest absolute Gasteiger partial charge is 0.302 e. The van der Waals surface area contributed by atoms with Gasteiger partial charge in [-0.2, -0.15) is 0 Å². The number of aryl methyl sites for hydroxylation is 1. The van der Waals surface area contributed by atoms with Crippen LogP contribution in [0.5, 0.6) is 0 Å². The Hall–Kier alpha value is -3.11. The summed E-state index contributed by atoms with van der Waals surface area (Å²) in [6.07, 6.45) is 4.57. The fourth-order valence-electron chi connectivity index (χ4n) is 2.86. The first-order valence-electron chi connectivity index (χ1n) is 9.62. The van der Waals surface area contributed by atoms with Crippen molar-refractivity contribution in [1.82, 2.24) is 4.98 Å². The number of nitro benzene ring substituents is 1. The molecule has 0 spiro atoms. The molecule has 0 aliphatic carbocycles. The van der Waals surface area contributed by atoms with Gasteiger partial charge in [0, 0.05) is 12.1 Å². The Kier molecular flexibility index (Phi) is 7.13. The molecule has 0 bridgehead atoms. The van der Waals surface area contributed by atoms with Crippen LogP contribution in [-0.2, 0) is 27.5 Å². The Bertz CT molecular complexity index is 1170. The van der Waals surface area contributed by atoms with E-state index in [-0.39, 0.29) is 32.3 Å². The first-order valence-corrected chi connectivity index (χ1v) is 11.9. The molecule has 0 aliphatic rings. The lowest BCUT2D eigenvalue weighted by Crippen LogP contribution is -2.14. The lowest BCUT2D eigenvalue weighted by atomic mass is 10.0. The maximum absolute atomic E-state index is 12.7. The minimum atomic E-state index is -3.89. The molecule has 3 aromatic rings. The average Bonchev–Trinajstić information content (AvgIpc) is 3.22. The normalized spacial score (nSPS) is 11.3. The second-order valence-electron chi connectivity index (χ2n) is 6.88. The van der Waals surface area contributed by atoms with Gasteiger partial charge in [0.15, 0.2) is 5.13 Å². The van der Waals surface area contributed by atoms with Crippen LogP contribution in [0.1, 0.15) is 30.9 Å². The zero-order valence-corrected chi connectivity index (χ0v) is 18.4. The van der Waals surface area contributed by atoms with Gasteiger partial charge in [-0.15, -0.1) is 0 Å². The fraction of sp³-hybridized carbons (Fsp3) is 0.238. The van der Waals surface area contributed by atoms with Crippen molar-refractivity contribution in [3.63, 3.8) is 0 Å². The number of nitro groups is 1. The quantitative estimate of drug-likeness (QED) is 0.374. The van der Waals surface area contributed by atoms with Gasteiger partial charge in [0.2, 0.25) is 15.7 Å². The van der Waals surface area contributed by atoms with Crippen molar-refractivity contribution in [2.75, 3.05) is 5.32 Å². The lowest BCUT2D eigenvalue weighted by Gasteiger charge is -2.04. The molecule has 31 heavy (non-hydrogen) atoms. The zero-order valence-electron chi connectivity index (χ0n) is 16.8. The first kappa shape index (κ1) is 22.6. The minimum absolute atomic E-state index is 0.0584. The Balaban J connectivity index is 1.64. The monoisotopic (exact) mass is 459 g/mol. The average molecular weight is 460 g/mol.